The largest absolute Gasteiger partial charge is 0.372 e. The van der Waals surface area contributed by atoms with Crippen molar-refractivity contribution < 1.29 is 4.79 Å². The molecule has 1 amide bonds. The maximum absolute atomic E-state index is 12.6. The van der Waals surface area contributed by atoms with Gasteiger partial charge >= 0.3 is 0 Å². The maximum Gasteiger partial charge on any atom is 0.238 e. The lowest BCUT2D eigenvalue weighted by Crippen LogP contribution is -2.42. The van der Waals surface area contributed by atoms with Crippen molar-refractivity contribution in [1.29, 1.82) is 0 Å². The van der Waals surface area contributed by atoms with Gasteiger partial charge in [0.1, 0.15) is 0 Å². The molecule has 1 N–H and O–H groups in total. The van der Waals surface area contributed by atoms with Crippen molar-refractivity contribution in [2.75, 3.05) is 54.9 Å². The average Bonchev–Trinajstić information content (AvgIpc) is 3.06. The number of anilines is 3. The van der Waals surface area contributed by atoms with Crippen LogP contribution >= 0.6 is 0 Å². The molecule has 3 heterocycles. The topological polar surface area (TPSA) is 64.6 Å². The summed E-state index contributed by atoms with van der Waals surface area (Å²) in [6.07, 6.45) is 9.14. The second kappa shape index (κ2) is 10.6. The van der Waals surface area contributed by atoms with E-state index in [0.717, 1.165) is 50.5 Å². The first-order chi connectivity index (χ1) is 15.2. The van der Waals surface area contributed by atoms with E-state index in [0.29, 0.717) is 12.6 Å². The predicted octanol–water partition coefficient (Wildman–Crippen LogP) is 3.40. The lowest BCUT2D eigenvalue weighted by Gasteiger charge is -2.29. The molecule has 2 fully saturated rings. The van der Waals surface area contributed by atoms with Crippen LogP contribution in [0.5, 0.6) is 0 Å². The molecule has 4 rings (SSSR count). The highest BCUT2D eigenvalue weighted by Crippen LogP contribution is 2.24. The minimum atomic E-state index is 0.0223. The Bertz CT molecular complexity index is 820. The summed E-state index contributed by atoms with van der Waals surface area (Å²) in [4.78, 5) is 19.4. The Hall–Kier alpha value is -2.67. The minimum absolute atomic E-state index is 0.0223. The molecule has 2 aromatic rings. The molecular weight excluding hydrogens is 388 g/mol. The highest BCUT2D eigenvalue weighted by atomic mass is 16.2. The number of likely N-dealkylation sites (N-methyl/N-ethyl adjacent to an activating group) is 1. The van der Waals surface area contributed by atoms with Gasteiger partial charge < -0.3 is 15.1 Å². The molecule has 2 aliphatic rings. The molecule has 1 aromatic heterocycles. The smallest absolute Gasteiger partial charge is 0.238 e. The third-order valence-corrected chi connectivity index (χ3v) is 6.29. The van der Waals surface area contributed by atoms with Gasteiger partial charge in [-0.15, -0.1) is 5.10 Å². The Kier molecular flexibility index (Phi) is 7.35. The Labute approximate surface area is 185 Å². The Morgan fingerprint density at radius 2 is 1.84 bits per heavy atom. The summed E-state index contributed by atoms with van der Waals surface area (Å²) >= 11 is 0. The lowest BCUT2D eigenvalue weighted by molar-refractivity contribution is -0.117. The van der Waals surface area contributed by atoms with Crippen molar-refractivity contribution in [2.24, 2.45) is 0 Å². The minimum Gasteiger partial charge on any atom is -0.372 e. The van der Waals surface area contributed by atoms with Crippen molar-refractivity contribution in [3.05, 3.63) is 42.6 Å². The van der Waals surface area contributed by atoms with Crippen LogP contribution in [0.15, 0.2) is 42.6 Å². The second-order valence-corrected chi connectivity index (χ2v) is 8.76. The van der Waals surface area contributed by atoms with Crippen LogP contribution in [0.2, 0.25) is 0 Å². The van der Waals surface area contributed by atoms with E-state index in [1.165, 1.54) is 31.4 Å². The molecule has 0 spiro atoms. The van der Waals surface area contributed by atoms with Gasteiger partial charge in [-0.2, -0.15) is 5.10 Å². The number of carbonyl (C=O) groups excluding carboxylic acids is 1. The van der Waals surface area contributed by atoms with Gasteiger partial charge in [0.15, 0.2) is 5.82 Å². The van der Waals surface area contributed by atoms with Gasteiger partial charge in [0.2, 0.25) is 5.91 Å². The van der Waals surface area contributed by atoms with E-state index in [1.807, 2.05) is 31.3 Å². The van der Waals surface area contributed by atoms with Gasteiger partial charge in [-0.05, 0) is 69.1 Å². The van der Waals surface area contributed by atoms with Crippen LogP contribution in [0.3, 0.4) is 0 Å². The van der Waals surface area contributed by atoms with E-state index < -0.39 is 0 Å². The number of rotatable bonds is 7. The summed E-state index contributed by atoms with van der Waals surface area (Å²) in [5, 5.41) is 11.3. The van der Waals surface area contributed by atoms with Crippen LogP contribution in [0.4, 0.5) is 17.2 Å². The van der Waals surface area contributed by atoms with Gasteiger partial charge in [0, 0.05) is 49.8 Å². The van der Waals surface area contributed by atoms with E-state index in [4.69, 9.17) is 0 Å². The van der Waals surface area contributed by atoms with Crippen molar-refractivity contribution in [3.63, 3.8) is 0 Å². The number of amides is 1. The number of hydrogen-bond donors (Lipinski definition) is 1. The van der Waals surface area contributed by atoms with Crippen molar-refractivity contribution >= 4 is 23.1 Å². The first kappa shape index (κ1) is 21.6. The zero-order chi connectivity index (χ0) is 21.5. The Balaban J connectivity index is 1.26. The summed E-state index contributed by atoms with van der Waals surface area (Å²) in [5.41, 5.74) is 2.11. The Morgan fingerprint density at radius 3 is 2.55 bits per heavy atom. The lowest BCUT2D eigenvalue weighted by atomic mass is 10.2. The second-order valence-electron chi connectivity index (χ2n) is 8.76. The van der Waals surface area contributed by atoms with Crippen molar-refractivity contribution in [3.8, 4) is 0 Å². The molecule has 1 atom stereocenters. The molecule has 0 radical (unpaired) electrons. The van der Waals surface area contributed by atoms with E-state index >= 15 is 0 Å². The first-order valence-corrected chi connectivity index (χ1v) is 11.6. The van der Waals surface area contributed by atoms with Crippen LogP contribution in [0, 0.1) is 0 Å². The standard InChI is InChI=1S/C24H34N6O/c1-28(18-22-8-7-17-30(22)23-9-6-14-25-27-23)19-24(31)26-20-10-12-21(13-11-20)29-15-4-2-3-5-16-29/h6,9-14,22H,2-5,7-8,15-19H2,1H3,(H,26,31). The molecule has 7 heteroatoms. The van der Waals surface area contributed by atoms with E-state index in [1.54, 1.807) is 6.20 Å². The van der Waals surface area contributed by atoms with Gasteiger partial charge in [-0.25, -0.2) is 0 Å². The van der Waals surface area contributed by atoms with Crippen LogP contribution in [-0.4, -0.2) is 66.8 Å². The molecule has 2 saturated heterocycles. The molecule has 7 nitrogen and oxygen atoms in total. The number of benzene rings is 1. The van der Waals surface area contributed by atoms with Gasteiger partial charge in [0.05, 0.1) is 6.54 Å². The SMILES string of the molecule is CN(CC(=O)Nc1ccc(N2CCCCCC2)cc1)CC1CCCN1c1cccnn1. The number of nitrogens with zero attached hydrogens (tertiary/aromatic N) is 5. The van der Waals surface area contributed by atoms with Crippen molar-refractivity contribution in [1.82, 2.24) is 15.1 Å². The summed E-state index contributed by atoms with van der Waals surface area (Å²) in [7, 11) is 2.01. The molecule has 1 unspecified atom stereocenters. The average molecular weight is 423 g/mol. The van der Waals surface area contributed by atoms with Gasteiger partial charge in [-0.3, -0.25) is 9.69 Å². The number of carbonyl (C=O) groups is 1. The monoisotopic (exact) mass is 422 g/mol. The summed E-state index contributed by atoms with van der Waals surface area (Å²) in [6.45, 7) is 4.45. The third kappa shape index (κ3) is 5.94. The zero-order valence-electron chi connectivity index (χ0n) is 18.5. The van der Waals surface area contributed by atoms with Crippen LogP contribution in [-0.2, 0) is 4.79 Å². The van der Waals surface area contributed by atoms with Crippen LogP contribution < -0.4 is 15.1 Å². The number of aromatic nitrogens is 2. The fourth-order valence-corrected chi connectivity index (χ4v) is 4.73. The number of hydrogen-bond acceptors (Lipinski definition) is 6. The fourth-order valence-electron chi connectivity index (χ4n) is 4.73. The van der Waals surface area contributed by atoms with E-state index in [-0.39, 0.29) is 5.91 Å². The zero-order valence-corrected chi connectivity index (χ0v) is 18.5. The number of nitrogens with one attached hydrogen (secondary N) is 1. The summed E-state index contributed by atoms with van der Waals surface area (Å²) in [6, 6.07) is 12.6. The third-order valence-electron chi connectivity index (χ3n) is 6.29. The molecule has 31 heavy (non-hydrogen) atoms. The summed E-state index contributed by atoms with van der Waals surface area (Å²) in [5.74, 6) is 0.946. The highest BCUT2D eigenvalue weighted by Gasteiger charge is 2.27. The predicted molar refractivity (Wildman–Crippen MR) is 126 cm³/mol. The normalized spacial score (nSPS) is 19.5. The molecular formula is C24H34N6O. The molecule has 2 aliphatic heterocycles. The van der Waals surface area contributed by atoms with Crippen LogP contribution in [0.25, 0.3) is 0 Å². The first-order valence-electron chi connectivity index (χ1n) is 11.6. The van der Waals surface area contributed by atoms with Gasteiger partial charge in [0.25, 0.3) is 0 Å². The molecule has 0 bridgehead atoms. The highest BCUT2D eigenvalue weighted by molar-refractivity contribution is 5.92. The van der Waals surface area contributed by atoms with Gasteiger partial charge in [-0.1, -0.05) is 12.8 Å². The molecule has 166 valence electrons. The summed E-state index contributed by atoms with van der Waals surface area (Å²) < 4.78 is 0. The van der Waals surface area contributed by atoms with Crippen LogP contribution in [0.1, 0.15) is 38.5 Å². The molecule has 0 saturated carbocycles. The Morgan fingerprint density at radius 1 is 1.06 bits per heavy atom. The molecule has 1 aromatic carbocycles. The van der Waals surface area contributed by atoms with E-state index in [9.17, 15) is 4.79 Å². The van der Waals surface area contributed by atoms with E-state index in [2.05, 4.69) is 42.3 Å². The maximum atomic E-state index is 12.6. The fraction of sp³-hybridized carbons (Fsp3) is 0.542. The van der Waals surface area contributed by atoms with Crippen molar-refractivity contribution in [2.45, 2.75) is 44.6 Å². The quantitative estimate of drug-likeness (QED) is 0.738. The molecule has 0 aliphatic carbocycles.